The van der Waals surface area contributed by atoms with Gasteiger partial charge in [0.25, 0.3) is 11.8 Å². The zero-order valence-corrected chi connectivity index (χ0v) is 32.5. The van der Waals surface area contributed by atoms with Gasteiger partial charge in [-0.1, -0.05) is 0 Å². The van der Waals surface area contributed by atoms with Crippen LogP contribution in [0.15, 0.2) is 115 Å². The van der Waals surface area contributed by atoms with E-state index in [1.807, 2.05) is 13.8 Å². The van der Waals surface area contributed by atoms with Crippen LogP contribution in [-0.2, 0) is 9.47 Å². The minimum absolute atomic E-state index is 0.0967. The van der Waals surface area contributed by atoms with Gasteiger partial charge in [-0.15, -0.1) is 0 Å². The number of hydrogen-bond acceptors (Lipinski definition) is 10. The second kappa shape index (κ2) is 20.4. The van der Waals surface area contributed by atoms with E-state index in [0.717, 1.165) is 12.8 Å². The Kier molecular flexibility index (Phi) is 14.9. The fourth-order valence-electron chi connectivity index (χ4n) is 5.24. The molecule has 2 unspecified atom stereocenters. The second-order valence-electron chi connectivity index (χ2n) is 13.2. The molecule has 0 saturated carbocycles. The fourth-order valence-corrected chi connectivity index (χ4v) is 5.24. The van der Waals surface area contributed by atoms with Crippen molar-refractivity contribution >= 4 is 35.1 Å². The van der Waals surface area contributed by atoms with E-state index in [4.69, 9.17) is 28.4 Å². The van der Waals surface area contributed by atoms with E-state index in [1.165, 1.54) is 6.07 Å². The highest BCUT2D eigenvalue weighted by Crippen LogP contribution is 2.26. The number of hydrogen-bond donors (Lipinski definition) is 2. The predicted octanol–water partition coefficient (Wildman–Crippen LogP) is 8.55. The SMILES string of the molecule is COC(C)CCOc1ccc(C(=O)Nc2ccc(C(=O)Oc3ccc(OC(=O)c4ccc(NC(=O)c5ccc(OCCC(C)OC)cc5)cc4)c(C)c3)cc2)cc1. The van der Waals surface area contributed by atoms with Crippen molar-refractivity contribution in [2.75, 3.05) is 38.1 Å². The first-order valence-corrected chi connectivity index (χ1v) is 18.4. The third kappa shape index (κ3) is 12.5. The summed E-state index contributed by atoms with van der Waals surface area (Å²) >= 11 is 0. The average molecular weight is 775 g/mol. The van der Waals surface area contributed by atoms with E-state index >= 15 is 0 Å². The van der Waals surface area contributed by atoms with Gasteiger partial charge in [0.1, 0.15) is 23.0 Å². The Morgan fingerprint density at radius 2 is 0.895 bits per heavy atom. The molecule has 12 nitrogen and oxygen atoms in total. The maximum Gasteiger partial charge on any atom is 0.343 e. The van der Waals surface area contributed by atoms with Crippen molar-refractivity contribution in [1.82, 2.24) is 0 Å². The highest BCUT2D eigenvalue weighted by Gasteiger charge is 2.15. The van der Waals surface area contributed by atoms with Gasteiger partial charge in [-0.25, -0.2) is 9.59 Å². The molecule has 57 heavy (non-hydrogen) atoms. The van der Waals surface area contributed by atoms with Gasteiger partial charge in [0.2, 0.25) is 0 Å². The lowest BCUT2D eigenvalue weighted by atomic mass is 10.1. The first-order valence-electron chi connectivity index (χ1n) is 18.4. The number of carbonyl (C=O) groups is 4. The number of nitrogens with one attached hydrogen (secondary N) is 2. The van der Waals surface area contributed by atoms with Gasteiger partial charge >= 0.3 is 11.9 Å². The van der Waals surface area contributed by atoms with Crippen molar-refractivity contribution in [3.8, 4) is 23.0 Å². The molecular formula is C45H46N2O10. The number of amides is 2. The molecule has 0 spiro atoms. The largest absolute Gasteiger partial charge is 0.493 e. The molecule has 0 aliphatic heterocycles. The van der Waals surface area contributed by atoms with Gasteiger partial charge in [-0.3, -0.25) is 9.59 Å². The number of benzene rings is 5. The van der Waals surface area contributed by atoms with Gasteiger partial charge in [-0.05, 0) is 142 Å². The van der Waals surface area contributed by atoms with Crippen molar-refractivity contribution in [2.45, 2.75) is 45.8 Å². The van der Waals surface area contributed by atoms with Crippen LogP contribution in [0, 0.1) is 6.92 Å². The smallest absolute Gasteiger partial charge is 0.343 e. The molecule has 2 N–H and O–H groups in total. The summed E-state index contributed by atoms with van der Waals surface area (Å²) in [6.45, 7) is 6.66. The average Bonchev–Trinajstić information content (AvgIpc) is 3.22. The number of rotatable bonds is 18. The maximum atomic E-state index is 12.9. The van der Waals surface area contributed by atoms with Crippen molar-refractivity contribution < 1.29 is 47.6 Å². The van der Waals surface area contributed by atoms with Gasteiger partial charge in [0.15, 0.2) is 0 Å². The molecular weight excluding hydrogens is 728 g/mol. The molecule has 5 aromatic rings. The van der Waals surface area contributed by atoms with Crippen LogP contribution in [0.25, 0.3) is 0 Å². The lowest BCUT2D eigenvalue weighted by Gasteiger charge is -2.12. The number of anilines is 2. The molecule has 0 aliphatic rings. The normalized spacial score (nSPS) is 11.8. The molecule has 0 aliphatic carbocycles. The number of esters is 2. The summed E-state index contributed by atoms with van der Waals surface area (Å²) in [6.07, 6.45) is 1.69. The van der Waals surface area contributed by atoms with Crippen LogP contribution >= 0.6 is 0 Å². The summed E-state index contributed by atoms with van der Waals surface area (Å²) in [6, 6.07) is 31.0. The first-order chi connectivity index (χ1) is 27.5. The minimum Gasteiger partial charge on any atom is -0.493 e. The van der Waals surface area contributed by atoms with Crippen LogP contribution in [0.3, 0.4) is 0 Å². The van der Waals surface area contributed by atoms with E-state index in [9.17, 15) is 19.2 Å². The first kappa shape index (κ1) is 41.7. The van der Waals surface area contributed by atoms with Gasteiger partial charge in [-0.2, -0.15) is 0 Å². The number of aryl methyl sites for hydroxylation is 1. The third-order valence-electron chi connectivity index (χ3n) is 8.94. The summed E-state index contributed by atoms with van der Waals surface area (Å²) in [7, 11) is 3.31. The van der Waals surface area contributed by atoms with E-state index in [2.05, 4.69) is 10.6 Å². The van der Waals surface area contributed by atoms with Crippen LogP contribution in [-0.4, -0.2) is 63.4 Å². The predicted molar refractivity (Wildman–Crippen MR) is 216 cm³/mol. The number of carbonyl (C=O) groups excluding carboxylic acids is 4. The van der Waals surface area contributed by atoms with Crippen LogP contribution < -0.4 is 29.6 Å². The quantitative estimate of drug-likeness (QED) is 0.0656. The van der Waals surface area contributed by atoms with Gasteiger partial charge in [0, 0.05) is 49.6 Å². The Morgan fingerprint density at radius 1 is 0.509 bits per heavy atom. The maximum absolute atomic E-state index is 12.9. The molecule has 12 heteroatoms. The summed E-state index contributed by atoms with van der Waals surface area (Å²) in [5, 5.41) is 5.63. The fraction of sp³-hybridized carbons (Fsp3) is 0.244. The highest BCUT2D eigenvalue weighted by atomic mass is 16.5. The summed E-state index contributed by atoms with van der Waals surface area (Å²) < 4.78 is 33.0. The molecule has 0 fully saturated rings. The number of methoxy groups -OCH3 is 2. The molecule has 5 aromatic carbocycles. The van der Waals surface area contributed by atoms with Crippen molar-refractivity contribution in [3.05, 3.63) is 143 Å². The van der Waals surface area contributed by atoms with Crippen LogP contribution in [0.5, 0.6) is 23.0 Å². The van der Waals surface area contributed by atoms with Crippen molar-refractivity contribution in [2.24, 2.45) is 0 Å². The Bertz CT molecular complexity index is 2120. The Hall–Kier alpha value is -6.50. The zero-order valence-electron chi connectivity index (χ0n) is 32.5. The topological polar surface area (TPSA) is 148 Å². The lowest BCUT2D eigenvalue weighted by molar-refractivity contribution is 0.0718. The number of ether oxygens (including phenoxy) is 6. The molecule has 2 atom stereocenters. The molecule has 0 aromatic heterocycles. The molecule has 5 rings (SSSR count). The summed E-state index contributed by atoms with van der Waals surface area (Å²) in [5.41, 5.74) is 3.03. The van der Waals surface area contributed by atoms with Gasteiger partial charge < -0.3 is 39.1 Å². The van der Waals surface area contributed by atoms with Crippen molar-refractivity contribution in [1.29, 1.82) is 0 Å². The van der Waals surface area contributed by atoms with E-state index < -0.39 is 11.9 Å². The summed E-state index contributed by atoms with van der Waals surface area (Å²) in [5.74, 6) is 0.0404. The van der Waals surface area contributed by atoms with Crippen LogP contribution in [0.1, 0.15) is 73.7 Å². The second-order valence-corrected chi connectivity index (χ2v) is 13.2. The summed E-state index contributed by atoms with van der Waals surface area (Å²) in [4.78, 5) is 51.4. The Balaban J connectivity index is 1.07. The standard InChI is InChI=1S/C45H46N2O10/c1-29-28-40(56-44(50)34-6-14-36(15-7-34)46-42(48)32-10-18-38(19-11-32)54-26-24-30(2)52-4)22-23-41(29)57-45(51)35-8-16-37(17-9-35)47-43(49)33-12-20-39(21-13-33)55-27-25-31(3)53-5/h6-23,28,30-31H,24-27H2,1-5H3,(H,46,48)(H,47,49). The monoisotopic (exact) mass is 774 g/mol. The molecule has 296 valence electrons. The molecule has 0 bridgehead atoms. The third-order valence-corrected chi connectivity index (χ3v) is 8.94. The van der Waals surface area contributed by atoms with E-state index in [0.29, 0.717) is 52.8 Å². The molecule has 0 heterocycles. The molecule has 2 amide bonds. The molecule has 0 saturated heterocycles. The van der Waals surface area contributed by atoms with E-state index in [-0.39, 0.29) is 46.6 Å². The van der Waals surface area contributed by atoms with Crippen LogP contribution in [0.2, 0.25) is 0 Å². The molecule has 0 radical (unpaired) electrons. The highest BCUT2D eigenvalue weighted by molar-refractivity contribution is 6.05. The van der Waals surface area contributed by atoms with E-state index in [1.54, 1.807) is 130 Å². The lowest BCUT2D eigenvalue weighted by Crippen LogP contribution is -2.13. The van der Waals surface area contributed by atoms with Crippen LogP contribution in [0.4, 0.5) is 11.4 Å². The minimum atomic E-state index is -0.603. The van der Waals surface area contributed by atoms with Crippen molar-refractivity contribution in [3.63, 3.8) is 0 Å². The van der Waals surface area contributed by atoms with Gasteiger partial charge in [0.05, 0.1) is 36.5 Å². The Labute approximate surface area is 332 Å². The zero-order chi connectivity index (χ0) is 40.7. The Morgan fingerprint density at radius 3 is 1.30 bits per heavy atom.